The van der Waals surface area contributed by atoms with Crippen molar-refractivity contribution in [3.8, 4) is 0 Å². The summed E-state index contributed by atoms with van der Waals surface area (Å²) in [5.74, 6) is 1.78. The highest BCUT2D eigenvalue weighted by Gasteiger charge is 2.36. The lowest BCUT2D eigenvalue weighted by Gasteiger charge is -2.41. The Morgan fingerprint density at radius 3 is 2.72 bits per heavy atom. The summed E-state index contributed by atoms with van der Waals surface area (Å²) in [4.78, 5) is 21.6. The highest BCUT2D eigenvalue weighted by Crippen LogP contribution is 2.33. The van der Waals surface area contributed by atoms with Gasteiger partial charge in [0.05, 0.1) is 43.3 Å². The molecule has 0 bridgehead atoms. The van der Waals surface area contributed by atoms with Gasteiger partial charge in [0.15, 0.2) is 6.17 Å². The lowest BCUT2D eigenvalue weighted by atomic mass is 10.2. The Morgan fingerprint density at radius 1 is 1.00 bits per heavy atom. The molecule has 1 atom stereocenters. The van der Waals surface area contributed by atoms with Gasteiger partial charge >= 0.3 is 0 Å². The van der Waals surface area contributed by atoms with Crippen LogP contribution >= 0.6 is 0 Å². The lowest BCUT2D eigenvalue weighted by molar-refractivity contribution is 0.0361. The van der Waals surface area contributed by atoms with E-state index in [0.29, 0.717) is 6.67 Å². The van der Waals surface area contributed by atoms with E-state index >= 15 is 0 Å². The van der Waals surface area contributed by atoms with E-state index in [9.17, 15) is 0 Å². The van der Waals surface area contributed by atoms with E-state index in [0.717, 1.165) is 81.1 Å². The van der Waals surface area contributed by atoms with Crippen molar-refractivity contribution in [2.45, 2.75) is 12.6 Å². The minimum Gasteiger partial charge on any atom is -0.379 e. The molecule has 6 rings (SSSR count). The Kier molecular flexibility index (Phi) is 5.22. The second-order valence-electron chi connectivity index (χ2n) is 8.47. The average molecular weight is 433 g/mol. The van der Waals surface area contributed by atoms with Gasteiger partial charge in [-0.3, -0.25) is 24.3 Å². The standard InChI is InChI=1S/C23H28N8O/c1-2-8-20-18(6-1)26-23-30-17-29(11-5-10-28-12-14-32-15-13-28)16-25-22(30)27-21(31(20)23)19-7-3-4-9-24-19/h1-4,6-9,21H,5,10-17H2,(H,25,27)/t21-/m0/s1. The summed E-state index contributed by atoms with van der Waals surface area (Å²) in [7, 11) is 0. The molecule has 0 aliphatic carbocycles. The molecule has 3 aromatic rings. The van der Waals surface area contributed by atoms with Gasteiger partial charge in [-0.05, 0) is 37.2 Å². The molecule has 1 saturated heterocycles. The summed E-state index contributed by atoms with van der Waals surface area (Å²) < 4.78 is 7.70. The Hall–Kier alpha value is -3.01. The van der Waals surface area contributed by atoms with Crippen LogP contribution in [-0.2, 0) is 4.74 Å². The molecule has 166 valence electrons. The van der Waals surface area contributed by atoms with Gasteiger partial charge in [-0.2, -0.15) is 0 Å². The number of aliphatic imine (C=N–C) groups is 1. The molecule has 1 N–H and O–H groups in total. The van der Waals surface area contributed by atoms with E-state index in [1.165, 1.54) is 0 Å². The summed E-state index contributed by atoms with van der Waals surface area (Å²) in [6, 6.07) is 14.3. The molecule has 0 amide bonds. The lowest BCUT2D eigenvalue weighted by Crippen LogP contribution is -2.57. The number of benzene rings is 1. The maximum Gasteiger partial charge on any atom is 0.216 e. The molecule has 0 spiro atoms. The number of nitrogens with zero attached hydrogens (tertiary/aromatic N) is 7. The fourth-order valence-electron chi connectivity index (χ4n) is 4.74. The van der Waals surface area contributed by atoms with E-state index in [1.807, 2.05) is 30.5 Å². The number of para-hydroxylation sites is 2. The smallest absolute Gasteiger partial charge is 0.216 e. The fraction of sp³-hybridized carbons (Fsp3) is 0.435. The monoisotopic (exact) mass is 432 g/mol. The normalized spacial score (nSPS) is 21.7. The number of ether oxygens (including phenoxy) is 1. The zero-order chi connectivity index (χ0) is 21.3. The van der Waals surface area contributed by atoms with Crippen LogP contribution in [0.3, 0.4) is 0 Å². The van der Waals surface area contributed by atoms with Gasteiger partial charge in [0, 0.05) is 25.8 Å². The Bertz CT molecular complexity index is 1110. The second-order valence-corrected chi connectivity index (χ2v) is 8.47. The Balaban J connectivity index is 1.26. The molecule has 1 fully saturated rings. The summed E-state index contributed by atoms with van der Waals surface area (Å²) in [5.41, 5.74) is 3.03. The average Bonchev–Trinajstić information content (AvgIpc) is 3.25. The molecule has 3 aliphatic heterocycles. The van der Waals surface area contributed by atoms with Crippen molar-refractivity contribution >= 4 is 22.9 Å². The molecule has 0 unspecified atom stereocenters. The zero-order valence-electron chi connectivity index (χ0n) is 18.1. The predicted molar refractivity (Wildman–Crippen MR) is 123 cm³/mol. The number of rotatable bonds is 5. The van der Waals surface area contributed by atoms with E-state index in [-0.39, 0.29) is 6.17 Å². The maximum absolute atomic E-state index is 5.46. The molecule has 2 aromatic heterocycles. The van der Waals surface area contributed by atoms with Crippen LogP contribution in [-0.4, -0.2) is 83.0 Å². The van der Waals surface area contributed by atoms with Crippen LogP contribution in [0.1, 0.15) is 18.3 Å². The van der Waals surface area contributed by atoms with Gasteiger partial charge in [-0.15, -0.1) is 0 Å². The molecule has 32 heavy (non-hydrogen) atoms. The second kappa shape index (κ2) is 8.50. The number of guanidine groups is 1. The summed E-state index contributed by atoms with van der Waals surface area (Å²) in [5, 5.41) is 3.62. The summed E-state index contributed by atoms with van der Waals surface area (Å²) in [6.45, 7) is 7.36. The first-order chi connectivity index (χ1) is 15.9. The van der Waals surface area contributed by atoms with E-state index in [4.69, 9.17) is 14.7 Å². The molecule has 0 radical (unpaired) electrons. The molecule has 0 saturated carbocycles. The highest BCUT2D eigenvalue weighted by atomic mass is 16.5. The van der Waals surface area contributed by atoms with Crippen LogP contribution in [0, 0.1) is 0 Å². The first kappa shape index (κ1) is 19.7. The van der Waals surface area contributed by atoms with E-state index in [2.05, 4.69) is 47.8 Å². The van der Waals surface area contributed by atoms with Crippen LogP contribution in [0.5, 0.6) is 0 Å². The van der Waals surface area contributed by atoms with Crippen molar-refractivity contribution in [3.05, 3.63) is 54.4 Å². The summed E-state index contributed by atoms with van der Waals surface area (Å²) in [6.07, 6.45) is 2.82. The minimum absolute atomic E-state index is 0.138. The molecule has 1 aromatic carbocycles. The Labute approximate surface area is 187 Å². The van der Waals surface area contributed by atoms with Crippen molar-refractivity contribution in [2.75, 3.05) is 57.6 Å². The van der Waals surface area contributed by atoms with Crippen LogP contribution in [0.25, 0.3) is 11.0 Å². The minimum atomic E-state index is -0.138. The third-order valence-electron chi connectivity index (χ3n) is 6.38. The van der Waals surface area contributed by atoms with Gasteiger partial charge < -0.3 is 10.1 Å². The van der Waals surface area contributed by atoms with Crippen molar-refractivity contribution in [1.82, 2.24) is 29.7 Å². The SMILES string of the molecule is c1ccc([C@H]2NC3=NCN(CCCN4CCOCC4)CN3c3nc4ccccc4n32)nc1. The molecular formula is C23H28N8O. The number of hydrogen-bond acceptors (Lipinski definition) is 8. The van der Waals surface area contributed by atoms with Crippen molar-refractivity contribution in [3.63, 3.8) is 0 Å². The van der Waals surface area contributed by atoms with E-state index < -0.39 is 0 Å². The highest BCUT2D eigenvalue weighted by molar-refractivity contribution is 5.98. The third-order valence-corrected chi connectivity index (χ3v) is 6.38. The summed E-state index contributed by atoms with van der Waals surface area (Å²) >= 11 is 0. The predicted octanol–water partition coefficient (Wildman–Crippen LogP) is 1.70. The molecule has 9 heteroatoms. The first-order valence-electron chi connectivity index (χ1n) is 11.4. The van der Waals surface area contributed by atoms with Gasteiger partial charge in [0.25, 0.3) is 0 Å². The van der Waals surface area contributed by atoms with Gasteiger partial charge in [-0.1, -0.05) is 18.2 Å². The molecule has 9 nitrogen and oxygen atoms in total. The van der Waals surface area contributed by atoms with Gasteiger partial charge in [-0.25, -0.2) is 9.98 Å². The third kappa shape index (κ3) is 3.62. The molecule has 5 heterocycles. The largest absolute Gasteiger partial charge is 0.379 e. The van der Waals surface area contributed by atoms with Crippen LogP contribution in [0.4, 0.5) is 5.95 Å². The number of hydrogen-bond donors (Lipinski definition) is 1. The first-order valence-corrected chi connectivity index (χ1v) is 11.4. The van der Waals surface area contributed by atoms with Gasteiger partial charge in [0.1, 0.15) is 0 Å². The van der Waals surface area contributed by atoms with Crippen LogP contribution in [0.15, 0.2) is 53.7 Å². The van der Waals surface area contributed by atoms with Crippen LogP contribution in [0.2, 0.25) is 0 Å². The number of anilines is 1. The van der Waals surface area contributed by atoms with Crippen molar-refractivity contribution < 1.29 is 4.74 Å². The fourth-order valence-corrected chi connectivity index (χ4v) is 4.74. The number of imidazole rings is 1. The molecular weight excluding hydrogens is 404 g/mol. The quantitative estimate of drug-likeness (QED) is 0.658. The van der Waals surface area contributed by atoms with Crippen molar-refractivity contribution in [2.24, 2.45) is 4.99 Å². The number of fused-ring (bicyclic) bond motifs is 5. The number of morpholine rings is 1. The van der Waals surface area contributed by atoms with Crippen molar-refractivity contribution in [1.29, 1.82) is 0 Å². The number of aromatic nitrogens is 3. The number of nitrogens with one attached hydrogen (secondary N) is 1. The van der Waals surface area contributed by atoms with Gasteiger partial charge in [0.2, 0.25) is 11.9 Å². The van der Waals surface area contributed by atoms with E-state index in [1.54, 1.807) is 0 Å². The number of pyridine rings is 1. The molecule has 3 aliphatic rings. The Morgan fingerprint density at radius 2 is 1.84 bits per heavy atom. The topological polar surface area (TPSA) is 74.1 Å². The maximum atomic E-state index is 5.46. The zero-order valence-corrected chi connectivity index (χ0v) is 18.1. The van der Waals surface area contributed by atoms with Crippen LogP contribution < -0.4 is 10.2 Å².